The molecule has 2 aromatic carbocycles. The molecule has 0 saturated carbocycles. The Labute approximate surface area is 160 Å². The van der Waals surface area contributed by atoms with Crippen LogP contribution < -0.4 is 0 Å². The number of aromatic amines is 1. The fourth-order valence-corrected chi connectivity index (χ4v) is 3.19. The number of esters is 1. The lowest BCUT2D eigenvalue weighted by molar-refractivity contribution is 0.0319. The topological polar surface area (TPSA) is 103 Å². The van der Waals surface area contributed by atoms with Gasteiger partial charge in [-0.1, -0.05) is 30.3 Å². The Bertz CT molecular complexity index is 1160. The third kappa shape index (κ3) is 3.05. The number of hydrogen-bond donors (Lipinski definition) is 1. The van der Waals surface area contributed by atoms with E-state index >= 15 is 0 Å². The maximum Gasteiger partial charge on any atom is 0.341 e. The van der Waals surface area contributed by atoms with Crippen LogP contribution in [0.4, 0.5) is 0 Å². The highest BCUT2D eigenvalue weighted by Crippen LogP contribution is 2.24. The van der Waals surface area contributed by atoms with Crippen molar-refractivity contribution in [1.29, 1.82) is 0 Å². The van der Waals surface area contributed by atoms with Crippen LogP contribution in [0.15, 0.2) is 54.9 Å². The molecule has 4 aromatic rings. The summed E-state index contributed by atoms with van der Waals surface area (Å²) in [5, 5.41) is 11.8. The summed E-state index contributed by atoms with van der Waals surface area (Å²) in [6.07, 6.45) is 0.433. The molecule has 0 aliphatic heterocycles. The van der Waals surface area contributed by atoms with Gasteiger partial charge in [-0.15, -0.1) is 5.10 Å². The van der Waals surface area contributed by atoms with Gasteiger partial charge in [0.2, 0.25) is 5.78 Å². The Balaban J connectivity index is 1.61. The summed E-state index contributed by atoms with van der Waals surface area (Å²) in [5.41, 5.74) is 2.88. The van der Waals surface area contributed by atoms with Crippen LogP contribution in [0.1, 0.15) is 33.3 Å². The summed E-state index contributed by atoms with van der Waals surface area (Å²) in [4.78, 5) is 28.9. The first-order chi connectivity index (χ1) is 13.6. The number of ketones is 1. The number of para-hydroxylation sites is 2. The highest BCUT2D eigenvalue weighted by molar-refractivity contribution is 6.11. The minimum atomic E-state index is -0.952. The predicted molar refractivity (Wildman–Crippen MR) is 101 cm³/mol. The zero-order valence-corrected chi connectivity index (χ0v) is 15.3. The molecule has 0 aliphatic rings. The second-order valence-electron chi connectivity index (χ2n) is 6.35. The van der Waals surface area contributed by atoms with E-state index < -0.39 is 12.1 Å². The lowest BCUT2D eigenvalue weighted by Gasteiger charge is -2.14. The number of Topliss-reactive ketones (excluding diaryl/α,β-unsaturated/α-hetero) is 1. The van der Waals surface area contributed by atoms with Gasteiger partial charge in [0.1, 0.15) is 6.33 Å². The van der Waals surface area contributed by atoms with Gasteiger partial charge >= 0.3 is 5.97 Å². The van der Waals surface area contributed by atoms with Gasteiger partial charge < -0.3 is 9.72 Å². The second kappa shape index (κ2) is 7.07. The monoisotopic (exact) mass is 375 g/mol. The highest BCUT2D eigenvalue weighted by Gasteiger charge is 2.26. The van der Waals surface area contributed by atoms with E-state index in [0.717, 1.165) is 16.6 Å². The molecule has 140 valence electrons. The summed E-state index contributed by atoms with van der Waals surface area (Å²) in [7, 11) is 0. The third-order valence-corrected chi connectivity index (χ3v) is 4.51. The summed E-state index contributed by atoms with van der Waals surface area (Å²) < 4.78 is 6.85. The van der Waals surface area contributed by atoms with Crippen molar-refractivity contribution in [1.82, 2.24) is 25.2 Å². The van der Waals surface area contributed by atoms with Crippen molar-refractivity contribution in [3.05, 3.63) is 71.7 Å². The lowest BCUT2D eigenvalue weighted by atomic mass is 10.0. The molecule has 0 saturated heterocycles. The van der Waals surface area contributed by atoms with Gasteiger partial charge in [0.15, 0.2) is 6.10 Å². The minimum absolute atomic E-state index is 0.261. The third-order valence-electron chi connectivity index (χ3n) is 4.51. The van der Waals surface area contributed by atoms with Crippen LogP contribution >= 0.6 is 0 Å². The van der Waals surface area contributed by atoms with E-state index in [1.54, 1.807) is 31.2 Å². The van der Waals surface area contributed by atoms with E-state index in [2.05, 4.69) is 20.5 Å². The van der Waals surface area contributed by atoms with E-state index in [1.165, 1.54) is 11.0 Å². The molecule has 0 radical (unpaired) electrons. The van der Waals surface area contributed by atoms with E-state index in [-0.39, 0.29) is 11.3 Å². The Kier molecular flexibility index (Phi) is 4.44. The normalized spacial score (nSPS) is 12.1. The Morgan fingerprint density at radius 1 is 1.11 bits per heavy atom. The molecular weight excluding hydrogens is 358 g/mol. The highest BCUT2D eigenvalue weighted by atomic mass is 16.5. The molecule has 1 N–H and O–H groups in total. The minimum Gasteiger partial charge on any atom is -0.451 e. The van der Waals surface area contributed by atoms with Gasteiger partial charge in [0, 0.05) is 22.2 Å². The Morgan fingerprint density at radius 3 is 2.64 bits per heavy atom. The van der Waals surface area contributed by atoms with E-state index in [0.29, 0.717) is 11.3 Å². The number of aromatic nitrogens is 5. The van der Waals surface area contributed by atoms with Crippen molar-refractivity contribution in [3.63, 3.8) is 0 Å². The first-order valence-corrected chi connectivity index (χ1v) is 8.71. The van der Waals surface area contributed by atoms with Gasteiger partial charge in [-0.05, 0) is 42.5 Å². The van der Waals surface area contributed by atoms with Gasteiger partial charge in [-0.2, -0.15) is 4.68 Å². The number of fused-ring (bicyclic) bond motifs is 1. The van der Waals surface area contributed by atoms with Crippen LogP contribution in [0.5, 0.6) is 0 Å². The fraction of sp³-hybridized carbons (Fsp3) is 0.150. The molecule has 0 aliphatic carbocycles. The number of carbonyl (C=O) groups excluding carboxylic acids is 2. The summed E-state index contributed by atoms with van der Waals surface area (Å²) in [6, 6.07) is 14.3. The van der Waals surface area contributed by atoms with Crippen LogP contribution in [-0.4, -0.2) is 43.0 Å². The molecule has 8 heteroatoms. The molecule has 2 heterocycles. The van der Waals surface area contributed by atoms with Crippen LogP contribution in [0, 0.1) is 6.92 Å². The average Bonchev–Trinajstić information content (AvgIpc) is 3.34. The number of tetrazole rings is 1. The maximum absolute atomic E-state index is 13.0. The molecule has 1 unspecified atom stereocenters. The number of nitrogens with one attached hydrogen (secondary N) is 1. The number of ether oxygens (including phenoxy) is 1. The van der Waals surface area contributed by atoms with Gasteiger partial charge in [-0.25, -0.2) is 4.79 Å². The van der Waals surface area contributed by atoms with Crippen molar-refractivity contribution < 1.29 is 14.3 Å². The zero-order valence-electron chi connectivity index (χ0n) is 15.3. The van der Waals surface area contributed by atoms with Gasteiger partial charge in [0.25, 0.3) is 0 Å². The van der Waals surface area contributed by atoms with Crippen molar-refractivity contribution in [2.45, 2.75) is 20.0 Å². The summed E-state index contributed by atoms with van der Waals surface area (Å²) in [5.74, 6) is -0.882. The molecule has 8 nitrogen and oxygen atoms in total. The van der Waals surface area contributed by atoms with E-state index in [9.17, 15) is 9.59 Å². The quantitative estimate of drug-likeness (QED) is 0.425. The Hall–Kier alpha value is -3.81. The van der Waals surface area contributed by atoms with Gasteiger partial charge in [-0.3, -0.25) is 4.79 Å². The number of benzene rings is 2. The Morgan fingerprint density at radius 2 is 1.86 bits per heavy atom. The van der Waals surface area contributed by atoms with Crippen LogP contribution in [0.3, 0.4) is 0 Å². The molecule has 1 atom stereocenters. The summed E-state index contributed by atoms with van der Waals surface area (Å²) >= 11 is 0. The van der Waals surface area contributed by atoms with Gasteiger partial charge in [0.05, 0.1) is 11.3 Å². The van der Waals surface area contributed by atoms with Crippen molar-refractivity contribution in [2.75, 3.05) is 0 Å². The van der Waals surface area contributed by atoms with Crippen LogP contribution in [0.25, 0.3) is 16.6 Å². The van der Waals surface area contributed by atoms with Crippen molar-refractivity contribution in [2.24, 2.45) is 0 Å². The molecule has 0 spiro atoms. The number of rotatable bonds is 5. The zero-order chi connectivity index (χ0) is 19.7. The molecule has 4 rings (SSSR count). The fourth-order valence-electron chi connectivity index (χ4n) is 3.19. The predicted octanol–water partition coefficient (Wildman–Crippen LogP) is 2.88. The first kappa shape index (κ1) is 17.6. The smallest absolute Gasteiger partial charge is 0.341 e. The molecule has 0 fully saturated rings. The van der Waals surface area contributed by atoms with E-state index in [4.69, 9.17) is 4.74 Å². The molecular formula is C20H17N5O3. The van der Waals surface area contributed by atoms with Crippen LogP contribution in [0.2, 0.25) is 0 Å². The number of hydrogen-bond acceptors (Lipinski definition) is 6. The number of nitrogens with zero attached hydrogens (tertiary/aromatic N) is 4. The second-order valence-corrected chi connectivity index (χ2v) is 6.35. The maximum atomic E-state index is 13.0. The number of carbonyl (C=O) groups is 2. The molecule has 0 amide bonds. The standard InChI is InChI=1S/C20H17N5O3/c1-12-18(14-7-3-5-9-16(14)22-12)19(26)13(2)28-20(27)15-8-4-6-10-17(15)25-11-21-23-24-25/h3-11,13,22H,1-2H3. The lowest BCUT2D eigenvalue weighted by Crippen LogP contribution is -2.25. The average molecular weight is 375 g/mol. The van der Waals surface area contributed by atoms with E-state index in [1.807, 2.05) is 31.2 Å². The number of H-pyrrole nitrogens is 1. The van der Waals surface area contributed by atoms with Crippen molar-refractivity contribution >= 4 is 22.7 Å². The first-order valence-electron chi connectivity index (χ1n) is 8.71. The summed E-state index contributed by atoms with van der Waals surface area (Å²) in [6.45, 7) is 3.40. The number of aryl methyl sites for hydroxylation is 1. The van der Waals surface area contributed by atoms with Crippen LogP contribution in [-0.2, 0) is 4.74 Å². The molecule has 28 heavy (non-hydrogen) atoms. The largest absolute Gasteiger partial charge is 0.451 e. The SMILES string of the molecule is Cc1[nH]c2ccccc2c1C(=O)C(C)OC(=O)c1ccccc1-n1cnnn1. The van der Waals surface area contributed by atoms with Crippen molar-refractivity contribution in [3.8, 4) is 5.69 Å². The molecule has 0 bridgehead atoms. The molecule has 2 aromatic heterocycles.